The zero-order chi connectivity index (χ0) is 15.2. The summed E-state index contributed by atoms with van der Waals surface area (Å²) in [5.74, 6) is 2.70. The molecule has 120 valence electrons. The van der Waals surface area contributed by atoms with Gasteiger partial charge in [0, 0.05) is 24.7 Å². The fraction of sp³-hybridized carbons (Fsp3) is 0.778. The highest BCUT2D eigenvalue weighted by Gasteiger charge is 2.29. The lowest BCUT2D eigenvalue weighted by Gasteiger charge is -2.37. The maximum Gasteiger partial charge on any atom is 0.105 e. The van der Waals surface area contributed by atoms with Crippen LogP contribution in [0.15, 0.2) is 16.7 Å². The smallest absolute Gasteiger partial charge is 0.105 e. The molecule has 0 amide bonds. The van der Waals surface area contributed by atoms with Crippen LogP contribution in [0.3, 0.4) is 0 Å². The highest BCUT2D eigenvalue weighted by Crippen LogP contribution is 2.30. The van der Waals surface area contributed by atoms with Gasteiger partial charge in [-0.25, -0.2) is 0 Å². The topological polar surface area (TPSA) is 28.4 Å². The van der Waals surface area contributed by atoms with Crippen molar-refractivity contribution in [2.45, 2.75) is 59.0 Å². The van der Waals surface area contributed by atoms with E-state index in [1.54, 1.807) is 6.26 Å². The number of hydrogen-bond acceptors (Lipinski definition) is 3. The molecule has 1 fully saturated rings. The first kappa shape index (κ1) is 16.6. The maximum atomic E-state index is 5.41. The summed E-state index contributed by atoms with van der Waals surface area (Å²) in [6.45, 7) is 10.0. The molecule has 0 bridgehead atoms. The molecule has 1 heterocycles. The third-order valence-electron chi connectivity index (χ3n) is 4.85. The summed E-state index contributed by atoms with van der Waals surface area (Å²) in [5.41, 5.74) is 1.32. The molecule has 3 atom stereocenters. The first-order valence-electron chi connectivity index (χ1n) is 8.55. The van der Waals surface area contributed by atoms with E-state index in [1.807, 2.05) is 0 Å². The van der Waals surface area contributed by atoms with Gasteiger partial charge in [-0.3, -0.25) is 0 Å². The van der Waals surface area contributed by atoms with Crippen LogP contribution in [-0.4, -0.2) is 31.1 Å². The quantitative estimate of drug-likeness (QED) is 0.828. The van der Waals surface area contributed by atoms with Crippen molar-refractivity contribution >= 4 is 0 Å². The van der Waals surface area contributed by atoms with Crippen LogP contribution >= 0.6 is 0 Å². The van der Waals surface area contributed by atoms with Gasteiger partial charge in [-0.15, -0.1) is 0 Å². The summed E-state index contributed by atoms with van der Waals surface area (Å²) < 4.78 is 5.41. The van der Waals surface area contributed by atoms with Crippen molar-refractivity contribution in [2.24, 2.45) is 11.8 Å². The minimum absolute atomic E-state index is 0.703. The number of furan rings is 1. The Morgan fingerprint density at radius 2 is 2.19 bits per heavy atom. The number of aryl methyl sites for hydroxylation is 1. The summed E-state index contributed by atoms with van der Waals surface area (Å²) in [6, 6.07) is 2.80. The standard InChI is InChI=1S/C18H32N2O/c1-5-9-19-18-7-6-14(2)11-17(18)13-20(4)12-16-8-10-21-15(16)3/h8,10,14,17-19H,5-7,9,11-13H2,1-4H3. The maximum absolute atomic E-state index is 5.41. The first-order valence-corrected chi connectivity index (χ1v) is 8.55. The van der Waals surface area contributed by atoms with Gasteiger partial charge in [0.1, 0.15) is 5.76 Å². The largest absolute Gasteiger partial charge is 0.469 e. The minimum Gasteiger partial charge on any atom is -0.469 e. The van der Waals surface area contributed by atoms with E-state index in [2.05, 4.69) is 44.1 Å². The van der Waals surface area contributed by atoms with Gasteiger partial charge in [-0.2, -0.15) is 0 Å². The molecule has 1 N–H and O–H groups in total. The molecule has 0 spiro atoms. The number of hydrogen-bond donors (Lipinski definition) is 1. The van der Waals surface area contributed by atoms with E-state index in [4.69, 9.17) is 4.42 Å². The monoisotopic (exact) mass is 292 g/mol. The summed E-state index contributed by atoms with van der Waals surface area (Å²) >= 11 is 0. The molecule has 3 heteroatoms. The van der Waals surface area contributed by atoms with Crippen molar-refractivity contribution < 1.29 is 4.42 Å². The molecular formula is C18H32N2O. The van der Waals surface area contributed by atoms with Crippen LogP contribution in [0.4, 0.5) is 0 Å². The average molecular weight is 292 g/mol. The van der Waals surface area contributed by atoms with E-state index in [0.717, 1.165) is 30.7 Å². The van der Waals surface area contributed by atoms with Crippen molar-refractivity contribution in [1.29, 1.82) is 0 Å². The van der Waals surface area contributed by atoms with E-state index in [0.29, 0.717) is 6.04 Å². The van der Waals surface area contributed by atoms with Gasteiger partial charge in [0.05, 0.1) is 6.26 Å². The average Bonchev–Trinajstić information content (AvgIpc) is 2.83. The second-order valence-corrected chi connectivity index (χ2v) is 6.94. The lowest BCUT2D eigenvalue weighted by molar-refractivity contribution is 0.157. The van der Waals surface area contributed by atoms with Gasteiger partial charge in [0.25, 0.3) is 0 Å². The molecule has 0 saturated heterocycles. The van der Waals surface area contributed by atoms with Gasteiger partial charge in [-0.1, -0.05) is 13.8 Å². The van der Waals surface area contributed by atoms with E-state index >= 15 is 0 Å². The van der Waals surface area contributed by atoms with Gasteiger partial charge >= 0.3 is 0 Å². The van der Waals surface area contributed by atoms with E-state index in [-0.39, 0.29) is 0 Å². The Kier molecular flexibility index (Phi) is 6.31. The summed E-state index contributed by atoms with van der Waals surface area (Å²) in [6.07, 6.45) is 7.10. The second kappa shape index (κ2) is 8.00. The van der Waals surface area contributed by atoms with Crippen molar-refractivity contribution in [2.75, 3.05) is 20.1 Å². The molecule has 21 heavy (non-hydrogen) atoms. The highest BCUT2D eigenvalue weighted by atomic mass is 16.3. The van der Waals surface area contributed by atoms with E-state index < -0.39 is 0 Å². The molecule has 2 rings (SSSR count). The Hall–Kier alpha value is -0.800. The van der Waals surface area contributed by atoms with Crippen molar-refractivity contribution in [3.8, 4) is 0 Å². The van der Waals surface area contributed by atoms with E-state index in [9.17, 15) is 0 Å². The van der Waals surface area contributed by atoms with Gasteiger partial charge in [-0.05, 0) is 64.1 Å². The molecule has 1 aromatic heterocycles. The Morgan fingerprint density at radius 1 is 1.38 bits per heavy atom. The van der Waals surface area contributed by atoms with Gasteiger partial charge in [0.2, 0.25) is 0 Å². The third kappa shape index (κ3) is 4.86. The normalized spacial score (nSPS) is 26.4. The zero-order valence-corrected chi connectivity index (χ0v) is 14.2. The molecule has 1 aliphatic carbocycles. The molecule has 3 nitrogen and oxygen atoms in total. The highest BCUT2D eigenvalue weighted by molar-refractivity contribution is 5.15. The SMILES string of the molecule is CCCNC1CCC(C)CC1CN(C)Cc1ccoc1C. The Labute approximate surface area is 130 Å². The summed E-state index contributed by atoms with van der Waals surface area (Å²) in [7, 11) is 2.24. The lowest BCUT2D eigenvalue weighted by atomic mass is 9.78. The fourth-order valence-corrected chi connectivity index (χ4v) is 3.63. The number of nitrogens with one attached hydrogen (secondary N) is 1. The first-order chi connectivity index (χ1) is 10.1. The molecule has 0 aromatic carbocycles. The van der Waals surface area contributed by atoms with Crippen molar-refractivity contribution in [3.05, 3.63) is 23.7 Å². The molecule has 1 aromatic rings. The second-order valence-electron chi connectivity index (χ2n) is 6.94. The Bertz CT molecular complexity index is 413. The zero-order valence-electron chi connectivity index (χ0n) is 14.2. The third-order valence-corrected chi connectivity index (χ3v) is 4.85. The van der Waals surface area contributed by atoms with E-state index in [1.165, 1.54) is 37.8 Å². The minimum atomic E-state index is 0.703. The van der Waals surface area contributed by atoms with Crippen molar-refractivity contribution in [1.82, 2.24) is 10.2 Å². The van der Waals surface area contributed by atoms with Crippen molar-refractivity contribution in [3.63, 3.8) is 0 Å². The summed E-state index contributed by atoms with van der Waals surface area (Å²) in [4.78, 5) is 2.46. The number of nitrogens with zero attached hydrogens (tertiary/aromatic N) is 1. The molecule has 3 unspecified atom stereocenters. The van der Waals surface area contributed by atoms with Gasteiger partial charge < -0.3 is 14.6 Å². The molecule has 0 radical (unpaired) electrons. The molecule has 1 saturated carbocycles. The van der Waals surface area contributed by atoms with Crippen LogP contribution in [0.25, 0.3) is 0 Å². The summed E-state index contributed by atoms with van der Waals surface area (Å²) in [5, 5.41) is 3.77. The molecule has 0 aliphatic heterocycles. The van der Waals surface area contributed by atoms with Gasteiger partial charge in [0.15, 0.2) is 0 Å². The predicted octanol–water partition coefficient (Wildman–Crippen LogP) is 3.82. The Morgan fingerprint density at radius 3 is 2.86 bits per heavy atom. The Balaban J connectivity index is 1.89. The van der Waals surface area contributed by atoms with Crippen LogP contribution in [-0.2, 0) is 6.54 Å². The van der Waals surface area contributed by atoms with Crippen LogP contribution < -0.4 is 5.32 Å². The van der Waals surface area contributed by atoms with Crippen LogP contribution in [0.2, 0.25) is 0 Å². The predicted molar refractivity (Wildman–Crippen MR) is 88.4 cm³/mol. The van der Waals surface area contributed by atoms with Crippen LogP contribution in [0.5, 0.6) is 0 Å². The fourth-order valence-electron chi connectivity index (χ4n) is 3.63. The van der Waals surface area contributed by atoms with Crippen LogP contribution in [0, 0.1) is 18.8 Å². The lowest BCUT2D eigenvalue weighted by Crippen LogP contribution is -2.45. The number of rotatable bonds is 7. The molecule has 1 aliphatic rings. The molecular weight excluding hydrogens is 260 g/mol. The van der Waals surface area contributed by atoms with Crippen LogP contribution in [0.1, 0.15) is 50.9 Å².